The topological polar surface area (TPSA) is 12.0 Å². The number of rotatable bonds is 1. The Hall–Kier alpha value is 0.01000. The third-order valence-corrected chi connectivity index (χ3v) is 5.49. The van der Waals surface area contributed by atoms with Crippen LogP contribution in [0, 0.1) is 5.92 Å². The fourth-order valence-electron chi connectivity index (χ4n) is 2.48. The summed E-state index contributed by atoms with van der Waals surface area (Å²) in [6.45, 7) is 1.18. The standard InChI is InChI=1S/C11H15NS2/c1-4-12-10(9-2-5-13-7-9)11-8(1)3-6-14-11/h3,6,9-10,12H,1-2,4-5,7H2. The smallest absolute Gasteiger partial charge is 0.0454 e. The second-order valence-electron chi connectivity index (χ2n) is 4.12. The fraction of sp³-hybridized carbons (Fsp3) is 0.636. The van der Waals surface area contributed by atoms with Crippen LogP contribution in [0.25, 0.3) is 0 Å². The zero-order chi connectivity index (χ0) is 9.38. The summed E-state index contributed by atoms with van der Waals surface area (Å²) >= 11 is 4.07. The lowest BCUT2D eigenvalue weighted by Crippen LogP contribution is -2.33. The molecule has 0 saturated carbocycles. The van der Waals surface area contributed by atoms with Crippen molar-refractivity contribution in [2.45, 2.75) is 18.9 Å². The maximum atomic E-state index is 3.70. The Bertz CT molecular complexity index is 315. The SMILES string of the molecule is c1cc2c(s1)C(C1CCSC1)NCC2. The van der Waals surface area contributed by atoms with Gasteiger partial charge in [0, 0.05) is 10.9 Å². The van der Waals surface area contributed by atoms with Crippen molar-refractivity contribution in [2.24, 2.45) is 5.92 Å². The quantitative estimate of drug-likeness (QED) is 0.788. The normalized spacial score (nSPS) is 31.7. The van der Waals surface area contributed by atoms with E-state index in [0.29, 0.717) is 6.04 Å². The summed E-state index contributed by atoms with van der Waals surface area (Å²) in [6, 6.07) is 2.99. The molecule has 2 aliphatic heterocycles. The molecule has 2 aliphatic rings. The summed E-state index contributed by atoms with van der Waals surface area (Å²) < 4.78 is 0. The van der Waals surface area contributed by atoms with Crippen LogP contribution in [-0.2, 0) is 6.42 Å². The number of thioether (sulfide) groups is 1. The van der Waals surface area contributed by atoms with E-state index in [2.05, 4.69) is 28.5 Å². The molecule has 3 heterocycles. The zero-order valence-electron chi connectivity index (χ0n) is 8.16. The van der Waals surface area contributed by atoms with Gasteiger partial charge in [-0.3, -0.25) is 0 Å². The van der Waals surface area contributed by atoms with Gasteiger partial charge in [0.2, 0.25) is 0 Å². The van der Waals surface area contributed by atoms with Crippen molar-refractivity contribution in [1.29, 1.82) is 0 Å². The van der Waals surface area contributed by atoms with E-state index in [-0.39, 0.29) is 0 Å². The molecule has 2 unspecified atom stereocenters. The van der Waals surface area contributed by atoms with Gasteiger partial charge in [0.05, 0.1) is 0 Å². The molecule has 3 heteroatoms. The van der Waals surface area contributed by atoms with E-state index in [9.17, 15) is 0 Å². The van der Waals surface area contributed by atoms with Crippen molar-refractivity contribution in [3.8, 4) is 0 Å². The molecule has 0 spiro atoms. The first-order chi connectivity index (χ1) is 6.95. The van der Waals surface area contributed by atoms with Gasteiger partial charge in [-0.05, 0) is 53.8 Å². The van der Waals surface area contributed by atoms with E-state index in [1.54, 1.807) is 10.4 Å². The molecule has 1 nitrogen and oxygen atoms in total. The Kier molecular flexibility index (Phi) is 2.56. The Morgan fingerprint density at radius 1 is 1.43 bits per heavy atom. The Morgan fingerprint density at radius 2 is 2.43 bits per heavy atom. The van der Waals surface area contributed by atoms with E-state index in [0.717, 1.165) is 5.92 Å². The van der Waals surface area contributed by atoms with Gasteiger partial charge in [0.15, 0.2) is 0 Å². The van der Waals surface area contributed by atoms with Gasteiger partial charge in [0.25, 0.3) is 0 Å². The first-order valence-corrected chi connectivity index (χ1v) is 7.36. The summed E-state index contributed by atoms with van der Waals surface area (Å²) in [4.78, 5) is 1.63. The van der Waals surface area contributed by atoms with Gasteiger partial charge in [-0.2, -0.15) is 11.8 Å². The third-order valence-electron chi connectivity index (χ3n) is 3.26. The zero-order valence-corrected chi connectivity index (χ0v) is 9.79. The molecule has 1 fully saturated rings. The highest BCUT2D eigenvalue weighted by atomic mass is 32.2. The number of thiophene rings is 1. The highest BCUT2D eigenvalue weighted by Gasteiger charge is 2.30. The minimum Gasteiger partial charge on any atom is -0.309 e. The first kappa shape index (κ1) is 9.25. The van der Waals surface area contributed by atoms with Crippen LogP contribution in [0.2, 0.25) is 0 Å². The molecular weight excluding hydrogens is 210 g/mol. The fourth-order valence-corrected chi connectivity index (χ4v) is 4.90. The monoisotopic (exact) mass is 225 g/mol. The van der Waals surface area contributed by atoms with Crippen molar-refractivity contribution in [3.05, 3.63) is 21.9 Å². The van der Waals surface area contributed by atoms with Crippen LogP contribution in [0.5, 0.6) is 0 Å². The minimum atomic E-state index is 0.675. The Labute approximate surface area is 93.3 Å². The molecule has 0 bridgehead atoms. The largest absolute Gasteiger partial charge is 0.309 e. The molecule has 14 heavy (non-hydrogen) atoms. The molecule has 1 aromatic heterocycles. The van der Waals surface area contributed by atoms with Crippen molar-refractivity contribution in [1.82, 2.24) is 5.32 Å². The number of nitrogens with one attached hydrogen (secondary N) is 1. The van der Waals surface area contributed by atoms with Crippen LogP contribution in [0.15, 0.2) is 11.4 Å². The molecule has 76 valence electrons. The molecule has 0 aliphatic carbocycles. The number of hydrogen-bond donors (Lipinski definition) is 1. The molecule has 1 N–H and O–H groups in total. The van der Waals surface area contributed by atoms with Crippen LogP contribution < -0.4 is 5.32 Å². The predicted molar refractivity (Wildman–Crippen MR) is 64.2 cm³/mol. The predicted octanol–water partition coefficient (Wildman–Crippen LogP) is 2.69. The van der Waals surface area contributed by atoms with Gasteiger partial charge < -0.3 is 5.32 Å². The molecule has 1 aromatic rings. The van der Waals surface area contributed by atoms with Crippen LogP contribution in [0.4, 0.5) is 0 Å². The molecule has 0 radical (unpaired) electrons. The average Bonchev–Trinajstić information content (AvgIpc) is 2.88. The van der Waals surface area contributed by atoms with Gasteiger partial charge in [0.1, 0.15) is 0 Å². The Balaban J connectivity index is 1.88. The van der Waals surface area contributed by atoms with Crippen molar-refractivity contribution < 1.29 is 0 Å². The summed E-state index contributed by atoms with van der Waals surface area (Å²) in [5, 5.41) is 5.96. The maximum absolute atomic E-state index is 3.70. The maximum Gasteiger partial charge on any atom is 0.0454 e. The molecule has 0 aromatic carbocycles. The minimum absolute atomic E-state index is 0.675. The summed E-state index contributed by atoms with van der Waals surface area (Å²) in [6.07, 6.45) is 2.63. The number of hydrogen-bond acceptors (Lipinski definition) is 3. The summed E-state index contributed by atoms with van der Waals surface area (Å²) in [7, 11) is 0. The lowest BCUT2D eigenvalue weighted by Gasteiger charge is -2.28. The third kappa shape index (κ3) is 1.51. The molecular formula is C11H15NS2. The van der Waals surface area contributed by atoms with Crippen LogP contribution >= 0.6 is 23.1 Å². The van der Waals surface area contributed by atoms with Gasteiger partial charge in [-0.15, -0.1) is 11.3 Å². The molecule has 3 rings (SSSR count). The average molecular weight is 225 g/mol. The van der Waals surface area contributed by atoms with Crippen molar-refractivity contribution in [3.63, 3.8) is 0 Å². The lowest BCUT2D eigenvalue weighted by molar-refractivity contribution is 0.384. The molecule has 2 atom stereocenters. The van der Waals surface area contributed by atoms with Crippen LogP contribution in [0.1, 0.15) is 22.9 Å². The van der Waals surface area contributed by atoms with E-state index in [1.807, 2.05) is 11.3 Å². The summed E-state index contributed by atoms with van der Waals surface area (Å²) in [5.74, 6) is 3.61. The van der Waals surface area contributed by atoms with Crippen molar-refractivity contribution >= 4 is 23.1 Å². The van der Waals surface area contributed by atoms with Crippen LogP contribution in [0.3, 0.4) is 0 Å². The van der Waals surface area contributed by atoms with E-state index in [4.69, 9.17) is 0 Å². The summed E-state index contributed by atoms with van der Waals surface area (Å²) in [5.41, 5.74) is 1.61. The van der Waals surface area contributed by atoms with E-state index >= 15 is 0 Å². The van der Waals surface area contributed by atoms with Crippen LogP contribution in [-0.4, -0.2) is 18.1 Å². The van der Waals surface area contributed by atoms with Gasteiger partial charge in [-0.25, -0.2) is 0 Å². The van der Waals surface area contributed by atoms with Crippen molar-refractivity contribution in [2.75, 3.05) is 18.1 Å². The molecule has 0 amide bonds. The lowest BCUT2D eigenvalue weighted by atomic mass is 9.92. The van der Waals surface area contributed by atoms with Gasteiger partial charge >= 0.3 is 0 Å². The number of fused-ring (bicyclic) bond motifs is 1. The van der Waals surface area contributed by atoms with E-state index in [1.165, 1.54) is 30.9 Å². The second-order valence-corrected chi connectivity index (χ2v) is 6.21. The van der Waals surface area contributed by atoms with E-state index < -0.39 is 0 Å². The Morgan fingerprint density at radius 3 is 3.29 bits per heavy atom. The highest BCUT2D eigenvalue weighted by Crippen LogP contribution is 2.39. The molecule has 1 saturated heterocycles. The highest BCUT2D eigenvalue weighted by molar-refractivity contribution is 7.99. The van der Waals surface area contributed by atoms with Gasteiger partial charge in [-0.1, -0.05) is 0 Å². The second kappa shape index (κ2) is 3.87. The first-order valence-electron chi connectivity index (χ1n) is 5.32.